The number of likely N-dealkylation sites (tertiary alicyclic amines) is 1. The smallest absolute Gasteiger partial charge is 0.326 e. The minimum Gasteiger partial charge on any atom is -0.497 e. The summed E-state index contributed by atoms with van der Waals surface area (Å²) in [5, 5.41) is 3.05. The van der Waals surface area contributed by atoms with E-state index in [2.05, 4.69) is 17.1 Å². The molecule has 7 heteroatoms. The number of carbonyl (C=O) groups excluding carboxylic acids is 2. The van der Waals surface area contributed by atoms with Crippen molar-refractivity contribution in [1.29, 1.82) is 0 Å². The monoisotopic (exact) mass is 401 g/mol. The topological polar surface area (TPSA) is 71.1 Å². The Hall–Kier alpha value is -2.28. The number of ether oxygens (including phenoxy) is 2. The summed E-state index contributed by atoms with van der Waals surface area (Å²) in [4.78, 5) is 29.7. The van der Waals surface area contributed by atoms with Crippen LogP contribution in [0.2, 0.25) is 0 Å². The van der Waals surface area contributed by atoms with Crippen LogP contribution in [-0.4, -0.2) is 54.7 Å². The third kappa shape index (κ3) is 3.35. The number of methoxy groups -OCH3 is 2. The Balaban J connectivity index is 1.55. The van der Waals surface area contributed by atoms with Crippen LogP contribution in [-0.2, 0) is 4.79 Å². The van der Waals surface area contributed by atoms with Crippen molar-refractivity contribution in [3.8, 4) is 11.5 Å². The van der Waals surface area contributed by atoms with Gasteiger partial charge in [-0.3, -0.25) is 9.69 Å². The lowest BCUT2D eigenvalue weighted by atomic mass is 9.73. The molecule has 3 unspecified atom stereocenters. The quantitative estimate of drug-likeness (QED) is 0.767. The molecule has 29 heavy (non-hydrogen) atoms. The van der Waals surface area contributed by atoms with Crippen LogP contribution in [0.4, 0.5) is 4.79 Å². The van der Waals surface area contributed by atoms with Gasteiger partial charge in [0.25, 0.3) is 5.91 Å². The highest BCUT2D eigenvalue weighted by Gasteiger charge is 2.55. The summed E-state index contributed by atoms with van der Waals surface area (Å²) in [6, 6.07) is 5.70. The summed E-state index contributed by atoms with van der Waals surface area (Å²) in [5.74, 6) is 1.64. The number of amides is 3. The standard InChI is InChI=1S/C22H31N3O4/c1-15-7-4-5-11-22(15)20(26)25(21(27)23-22)14-24-12-6-8-18(24)17-10-9-16(28-2)13-19(17)29-3/h9-10,13,15,18H,4-8,11-12,14H2,1-3H3,(H,23,27). The fourth-order valence-corrected chi connectivity index (χ4v) is 5.25. The van der Waals surface area contributed by atoms with E-state index in [-0.39, 0.29) is 23.9 Å². The van der Waals surface area contributed by atoms with Gasteiger partial charge in [0.05, 0.1) is 20.9 Å². The number of nitrogens with one attached hydrogen (secondary N) is 1. The van der Waals surface area contributed by atoms with Gasteiger partial charge in [-0.15, -0.1) is 0 Å². The van der Waals surface area contributed by atoms with E-state index in [9.17, 15) is 9.59 Å². The van der Waals surface area contributed by atoms with Gasteiger partial charge >= 0.3 is 6.03 Å². The predicted molar refractivity (Wildman–Crippen MR) is 109 cm³/mol. The number of benzene rings is 1. The fraction of sp³-hybridized carbons (Fsp3) is 0.636. The minimum absolute atomic E-state index is 0.0537. The molecular formula is C22H31N3O4. The second-order valence-electron chi connectivity index (χ2n) is 8.50. The number of rotatable bonds is 5. The first-order valence-electron chi connectivity index (χ1n) is 10.6. The van der Waals surface area contributed by atoms with Crippen LogP contribution >= 0.6 is 0 Å². The number of hydrogen-bond acceptors (Lipinski definition) is 5. The summed E-state index contributed by atoms with van der Waals surface area (Å²) >= 11 is 0. The van der Waals surface area contributed by atoms with E-state index in [0.717, 1.165) is 62.1 Å². The van der Waals surface area contributed by atoms with E-state index in [1.165, 1.54) is 4.90 Å². The Morgan fingerprint density at radius 1 is 1.14 bits per heavy atom. The molecule has 1 spiro atoms. The van der Waals surface area contributed by atoms with Gasteiger partial charge in [-0.1, -0.05) is 25.8 Å². The first kappa shape index (κ1) is 20.0. The number of carbonyl (C=O) groups is 2. The van der Waals surface area contributed by atoms with Gasteiger partial charge in [0.2, 0.25) is 0 Å². The molecule has 2 saturated heterocycles. The predicted octanol–water partition coefficient (Wildman–Crippen LogP) is 3.30. The van der Waals surface area contributed by atoms with Crippen LogP contribution in [0.15, 0.2) is 18.2 Å². The first-order valence-corrected chi connectivity index (χ1v) is 10.6. The number of hydrogen-bond donors (Lipinski definition) is 1. The van der Waals surface area contributed by atoms with E-state index in [4.69, 9.17) is 9.47 Å². The van der Waals surface area contributed by atoms with Crippen LogP contribution in [0.25, 0.3) is 0 Å². The Morgan fingerprint density at radius 3 is 2.69 bits per heavy atom. The zero-order valence-corrected chi connectivity index (χ0v) is 17.6. The van der Waals surface area contributed by atoms with Crippen LogP contribution in [0.3, 0.4) is 0 Å². The SMILES string of the molecule is COc1ccc(C2CCCN2CN2C(=O)NC3(CCCCC3C)C2=O)c(OC)c1. The van der Waals surface area contributed by atoms with Crippen molar-refractivity contribution in [3.05, 3.63) is 23.8 Å². The van der Waals surface area contributed by atoms with Crippen molar-refractivity contribution in [1.82, 2.24) is 15.1 Å². The number of imide groups is 1. The first-order chi connectivity index (χ1) is 14.0. The summed E-state index contributed by atoms with van der Waals surface area (Å²) in [6.45, 7) is 3.25. The van der Waals surface area contributed by atoms with Gasteiger partial charge in [-0.25, -0.2) is 9.69 Å². The highest BCUT2D eigenvalue weighted by molar-refractivity contribution is 6.07. The summed E-state index contributed by atoms with van der Waals surface area (Å²) in [6.07, 6.45) is 5.82. The van der Waals surface area contributed by atoms with Crippen molar-refractivity contribution >= 4 is 11.9 Å². The second kappa shape index (κ2) is 7.86. The van der Waals surface area contributed by atoms with Crippen LogP contribution in [0.1, 0.15) is 57.1 Å². The molecule has 0 bridgehead atoms. The van der Waals surface area contributed by atoms with Gasteiger partial charge in [0.1, 0.15) is 17.0 Å². The molecular weight excluding hydrogens is 370 g/mol. The highest BCUT2D eigenvalue weighted by atomic mass is 16.5. The molecule has 2 heterocycles. The third-order valence-electron chi connectivity index (χ3n) is 6.99. The lowest BCUT2D eigenvalue weighted by molar-refractivity contribution is -0.135. The average molecular weight is 402 g/mol. The van der Waals surface area contributed by atoms with Gasteiger partial charge in [0, 0.05) is 24.2 Å². The Labute approximate surface area is 172 Å². The Morgan fingerprint density at radius 2 is 1.97 bits per heavy atom. The fourth-order valence-electron chi connectivity index (χ4n) is 5.25. The minimum atomic E-state index is -0.706. The molecule has 3 atom stereocenters. The van der Waals surface area contributed by atoms with Gasteiger partial charge < -0.3 is 14.8 Å². The lowest BCUT2D eigenvalue weighted by Crippen LogP contribution is -2.54. The Kier molecular flexibility index (Phi) is 5.42. The molecule has 1 saturated carbocycles. The molecule has 3 fully saturated rings. The zero-order chi connectivity index (χ0) is 20.6. The molecule has 3 amide bonds. The van der Waals surface area contributed by atoms with E-state index in [1.807, 2.05) is 18.2 Å². The number of nitrogens with zero attached hydrogens (tertiary/aromatic N) is 2. The van der Waals surface area contributed by atoms with Gasteiger partial charge in [-0.05, 0) is 37.7 Å². The van der Waals surface area contributed by atoms with Crippen molar-refractivity contribution < 1.29 is 19.1 Å². The molecule has 0 aromatic heterocycles. The molecule has 1 aromatic rings. The van der Waals surface area contributed by atoms with Crippen molar-refractivity contribution in [3.63, 3.8) is 0 Å². The van der Waals surface area contributed by atoms with Crippen molar-refractivity contribution in [2.24, 2.45) is 5.92 Å². The largest absolute Gasteiger partial charge is 0.497 e. The molecule has 1 aliphatic carbocycles. The molecule has 2 aliphatic heterocycles. The number of urea groups is 1. The van der Waals surface area contributed by atoms with Crippen LogP contribution < -0.4 is 14.8 Å². The normalized spacial score (nSPS) is 30.1. The van der Waals surface area contributed by atoms with Gasteiger partial charge in [-0.2, -0.15) is 0 Å². The second-order valence-corrected chi connectivity index (χ2v) is 8.50. The highest BCUT2D eigenvalue weighted by Crippen LogP contribution is 2.41. The van der Waals surface area contributed by atoms with E-state index in [1.54, 1.807) is 14.2 Å². The zero-order valence-electron chi connectivity index (χ0n) is 17.6. The van der Waals surface area contributed by atoms with Crippen LogP contribution in [0, 0.1) is 5.92 Å². The lowest BCUT2D eigenvalue weighted by Gasteiger charge is -2.37. The summed E-state index contributed by atoms with van der Waals surface area (Å²) in [5.41, 5.74) is 0.362. The summed E-state index contributed by atoms with van der Waals surface area (Å²) in [7, 11) is 3.29. The maximum atomic E-state index is 13.3. The van der Waals surface area contributed by atoms with E-state index < -0.39 is 5.54 Å². The Bertz CT molecular complexity index is 798. The molecule has 4 rings (SSSR count). The van der Waals surface area contributed by atoms with E-state index >= 15 is 0 Å². The van der Waals surface area contributed by atoms with E-state index in [0.29, 0.717) is 6.67 Å². The molecule has 7 nitrogen and oxygen atoms in total. The van der Waals surface area contributed by atoms with Crippen molar-refractivity contribution in [2.75, 3.05) is 27.4 Å². The molecule has 1 aromatic carbocycles. The summed E-state index contributed by atoms with van der Waals surface area (Å²) < 4.78 is 10.9. The third-order valence-corrected chi connectivity index (χ3v) is 6.99. The molecule has 158 valence electrons. The van der Waals surface area contributed by atoms with Crippen molar-refractivity contribution in [2.45, 2.75) is 57.0 Å². The molecule has 3 aliphatic rings. The molecule has 0 radical (unpaired) electrons. The molecule has 1 N–H and O–H groups in total. The van der Waals surface area contributed by atoms with Gasteiger partial charge in [0.15, 0.2) is 0 Å². The van der Waals surface area contributed by atoms with Crippen LogP contribution in [0.5, 0.6) is 11.5 Å². The maximum Gasteiger partial charge on any atom is 0.326 e. The average Bonchev–Trinajstić information content (AvgIpc) is 3.28. The maximum absolute atomic E-state index is 13.3.